The molecule has 1 aliphatic rings. The van der Waals surface area contributed by atoms with Crippen LogP contribution in [0.5, 0.6) is 5.75 Å². The standard InChI is InChI=1S/C23H28FN5O.HI/c1-25-23(26-11-9-16-14-27-20-13-17(24)7-8-19(16)20)28-18-10-12-29(15-18)21-5-3-4-6-22(21)30-2;/h3-8,13-14,18,27H,9-12,15H2,1-2H3,(H2,25,26,28);1H. The molecule has 1 saturated heterocycles. The number of halogens is 2. The van der Waals surface area contributed by atoms with Gasteiger partial charge in [0.2, 0.25) is 0 Å². The smallest absolute Gasteiger partial charge is 0.191 e. The molecular formula is C23H29FIN5O. The number of guanidine groups is 1. The molecule has 4 rings (SSSR count). The Balaban J connectivity index is 0.00000272. The molecule has 3 aromatic rings. The molecular weight excluding hydrogens is 508 g/mol. The van der Waals surface area contributed by atoms with Crippen LogP contribution in [-0.4, -0.2) is 50.8 Å². The molecule has 0 spiro atoms. The van der Waals surface area contributed by atoms with Crippen molar-refractivity contribution in [2.45, 2.75) is 18.9 Å². The maximum atomic E-state index is 13.4. The molecule has 1 fully saturated rings. The number of anilines is 1. The van der Waals surface area contributed by atoms with E-state index in [1.807, 2.05) is 30.5 Å². The number of hydrogen-bond acceptors (Lipinski definition) is 3. The molecule has 6 nitrogen and oxygen atoms in total. The minimum Gasteiger partial charge on any atom is -0.495 e. The topological polar surface area (TPSA) is 64.7 Å². The summed E-state index contributed by atoms with van der Waals surface area (Å²) in [6.07, 6.45) is 3.81. The number of H-pyrrole nitrogens is 1. The van der Waals surface area contributed by atoms with Crippen molar-refractivity contribution in [1.82, 2.24) is 15.6 Å². The van der Waals surface area contributed by atoms with Gasteiger partial charge >= 0.3 is 0 Å². The lowest BCUT2D eigenvalue weighted by molar-refractivity contribution is 0.415. The molecule has 1 unspecified atom stereocenters. The zero-order chi connectivity index (χ0) is 20.9. The van der Waals surface area contributed by atoms with E-state index >= 15 is 0 Å². The quantitative estimate of drug-likeness (QED) is 0.254. The Kier molecular flexibility index (Phi) is 8.00. The largest absolute Gasteiger partial charge is 0.495 e. The van der Waals surface area contributed by atoms with Gasteiger partial charge in [-0.2, -0.15) is 0 Å². The van der Waals surface area contributed by atoms with Gasteiger partial charge in [0.25, 0.3) is 0 Å². The Morgan fingerprint density at radius 1 is 1.29 bits per heavy atom. The second-order valence-corrected chi connectivity index (χ2v) is 7.50. The zero-order valence-corrected chi connectivity index (χ0v) is 20.2. The Morgan fingerprint density at radius 2 is 2.13 bits per heavy atom. The summed E-state index contributed by atoms with van der Waals surface area (Å²) in [5.74, 6) is 1.48. The van der Waals surface area contributed by atoms with Gasteiger partial charge in [0, 0.05) is 49.8 Å². The molecule has 2 aromatic carbocycles. The summed E-state index contributed by atoms with van der Waals surface area (Å²) >= 11 is 0. The van der Waals surface area contributed by atoms with E-state index in [0.29, 0.717) is 6.04 Å². The Morgan fingerprint density at radius 3 is 2.94 bits per heavy atom. The van der Waals surface area contributed by atoms with E-state index in [4.69, 9.17) is 4.74 Å². The van der Waals surface area contributed by atoms with E-state index in [1.54, 1.807) is 14.2 Å². The number of nitrogens with one attached hydrogen (secondary N) is 3. The normalized spacial score (nSPS) is 16.3. The molecule has 166 valence electrons. The van der Waals surface area contributed by atoms with Gasteiger partial charge in [-0.15, -0.1) is 24.0 Å². The van der Waals surface area contributed by atoms with Crippen LogP contribution in [-0.2, 0) is 6.42 Å². The van der Waals surface area contributed by atoms with Crippen LogP contribution in [0.3, 0.4) is 0 Å². The van der Waals surface area contributed by atoms with Gasteiger partial charge in [-0.1, -0.05) is 12.1 Å². The Labute approximate surface area is 199 Å². The second kappa shape index (κ2) is 10.7. The van der Waals surface area contributed by atoms with Crippen molar-refractivity contribution in [1.29, 1.82) is 0 Å². The van der Waals surface area contributed by atoms with Crippen LogP contribution < -0.4 is 20.3 Å². The molecule has 0 bridgehead atoms. The van der Waals surface area contributed by atoms with Crippen LogP contribution in [0.2, 0.25) is 0 Å². The summed E-state index contributed by atoms with van der Waals surface area (Å²) in [6, 6.07) is 13.3. The fourth-order valence-electron chi connectivity index (χ4n) is 4.06. The predicted octanol–water partition coefficient (Wildman–Crippen LogP) is 3.92. The van der Waals surface area contributed by atoms with Gasteiger partial charge < -0.3 is 25.3 Å². The van der Waals surface area contributed by atoms with E-state index in [2.05, 4.69) is 31.6 Å². The number of aliphatic imine (C=N–C) groups is 1. The van der Waals surface area contributed by atoms with Crippen molar-refractivity contribution in [3.05, 3.63) is 60.0 Å². The summed E-state index contributed by atoms with van der Waals surface area (Å²) in [6.45, 7) is 2.61. The molecule has 1 aliphatic heterocycles. The van der Waals surface area contributed by atoms with E-state index in [9.17, 15) is 4.39 Å². The van der Waals surface area contributed by atoms with Gasteiger partial charge in [-0.25, -0.2) is 4.39 Å². The maximum Gasteiger partial charge on any atom is 0.191 e. The van der Waals surface area contributed by atoms with Gasteiger partial charge in [0.15, 0.2) is 5.96 Å². The van der Waals surface area contributed by atoms with Crippen molar-refractivity contribution < 1.29 is 9.13 Å². The van der Waals surface area contributed by atoms with Gasteiger partial charge in [0.05, 0.1) is 12.8 Å². The summed E-state index contributed by atoms with van der Waals surface area (Å²) in [5, 5.41) is 7.98. The molecule has 31 heavy (non-hydrogen) atoms. The number of aromatic nitrogens is 1. The SMILES string of the molecule is CN=C(NCCc1c[nH]c2cc(F)ccc12)NC1CCN(c2ccccc2OC)C1.I. The highest BCUT2D eigenvalue weighted by molar-refractivity contribution is 14.0. The summed E-state index contributed by atoms with van der Waals surface area (Å²) in [5.41, 5.74) is 3.12. The number of rotatable bonds is 6. The van der Waals surface area contributed by atoms with Crippen molar-refractivity contribution in [2.75, 3.05) is 38.7 Å². The highest BCUT2D eigenvalue weighted by Crippen LogP contribution is 2.30. The first-order valence-corrected chi connectivity index (χ1v) is 10.3. The number of methoxy groups -OCH3 is 1. The highest BCUT2D eigenvalue weighted by Gasteiger charge is 2.25. The van der Waals surface area contributed by atoms with E-state index in [0.717, 1.165) is 66.3 Å². The van der Waals surface area contributed by atoms with Crippen LogP contribution in [0.25, 0.3) is 10.9 Å². The molecule has 1 atom stereocenters. The summed E-state index contributed by atoms with van der Waals surface area (Å²) in [7, 11) is 3.50. The van der Waals surface area contributed by atoms with Crippen LogP contribution >= 0.6 is 24.0 Å². The van der Waals surface area contributed by atoms with Crippen molar-refractivity contribution in [2.24, 2.45) is 4.99 Å². The first-order chi connectivity index (χ1) is 14.7. The Bertz CT molecular complexity index is 1040. The molecule has 3 N–H and O–H groups in total. The van der Waals surface area contributed by atoms with Crippen LogP contribution in [0, 0.1) is 5.82 Å². The second-order valence-electron chi connectivity index (χ2n) is 7.50. The minimum absolute atomic E-state index is 0. The van der Waals surface area contributed by atoms with Crippen molar-refractivity contribution in [3.8, 4) is 5.75 Å². The van der Waals surface area contributed by atoms with Gasteiger partial charge in [-0.3, -0.25) is 4.99 Å². The molecule has 0 radical (unpaired) electrons. The highest BCUT2D eigenvalue weighted by atomic mass is 127. The lowest BCUT2D eigenvalue weighted by atomic mass is 10.1. The molecule has 2 heterocycles. The zero-order valence-electron chi connectivity index (χ0n) is 17.8. The fourth-order valence-corrected chi connectivity index (χ4v) is 4.06. The number of fused-ring (bicyclic) bond motifs is 1. The van der Waals surface area contributed by atoms with Gasteiger partial charge in [0.1, 0.15) is 11.6 Å². The van der Waals surface area contributed by atoms with Crippen LogP contribution in [0.4, 0.5) is 10.1 Å². The van der Waals surface area contributed by atoms with Crippen molar-refractivity contribution >= 4 is 46.5 Å². The molecule has 0 saturated carbocycles. The number of benzene rings is 2. The molecule has 1 aromatic heterocycles. The third kappa shape index (κ3) is 5.41. The number of para-hydroxylation sites is 2. The monoisotopic (exact) mass is 537 g/mol. The predicted molar refractivity (Wildman–Crippen MR) is 135 cm³/mol. The fraction of sp³-hybridized carbons (Fsp3) is 0.348. The molecule has 0 aliphatic carbocycles. The minimum atomic E-state index is -0.225. The van der Waals surface area contributed by atoms with Gasteiger partial charge in [-0.05, 0) is 48.7 Å². The van der Waals surface area contributed by atoms with E-state index in [-0.39, 0.29) is 29.8 Å². The van der Waals surface area contributed by atoms with Crippen LogP contribution in [0.1, 0.15) is 12.0 Å². The number of aromatic amines is 1. The average molecular weight is 537 g/mol. The third-order valence-electron chi connectivity index (χ3n) is 5.59. The number of ether oxygens (including phenoxy) is 1. The third-order valence-corrected chi connectivity index (χ3v) is 5.59. The summed E-state index contributed by atoms with van der Waals surface area (Å²) < 4.78 is 18.9. The van der Waals surface area contributed by atoms with Crippen molar-refractivity contribution in [3.63, 3.8) is 0 Å². The summed E-state index contributed by atoms with van der Waals surface area (Å²) in [4.78, 5) is 9.85. The molecule has 0 amide bonds. The first-order valence-electron chi connectivity index (χ1n) is 10.3. The number of hydrogen-bond donors (Lipinski definition) is 3. The number of nitrogens with zero attached hydrogens (tertiary/aromatic N) is 2. The van der Waals surface area contributed by atoms with E-state index in [1.165, 1.54) is 12.1 Å². The average Bonchev–Trinajstić information content (AvgIpc) is 3.39. The lowest BCUT2D eigenvalue weighted by Crippen LogP contribution is -2.45. The first kappa shape index (κ1) is 23.2. The maximum absolute atomic E-state index is 13.4. The lowest BCUT2D eigenvalue weighted by Gasteiger charge is -2.22. The Hall–Kier alpha value is -2.49. The molecule has 8 heteroatoms. The van der Waals surface area contributed by atoms with Crippen LogP contribution in [0.15, 0.2) is 53.7 Å². The van der Waals surface area contributed by atoms with E-state index < -0.39 is 0 Å².